The van der Waals surface area contributed by atoms with Crippen molar-refractivity contribution < 1.29 is 13.9 Å². The van der Waals surface area contributed by atoms with Gasteiger partial charge >= 0.3 is 0 Å². The lowest BCUT2D eigenvalue weighted by atomic mass is 10.1. The fourth-order valence-electron chi connectivity index (χ4n) is 5.83. The molecule has 2 unspecified atom stereocenters. The Hall–Kier alpha value is -2.62. The molecule has 3 fully saturated rings. The van der Waals surface area contributed by atoms with E-state index in [1.165, 1.54) is 12.1 Å². The van der Waals surface area contributed by atoms with Crippen LogP contribution < -0.4 is 10.6 Å². The van der Waals surface area contributed by atoms with E-state index >= 15 is 0 Å². The zero-order chi connectivity index (χ0) is 23.2. The largest absolute Gasteiger partial charge is 0.380 e. The number of primary amides is 1. The zero-order valence-corrected chi connectivity index (χ0v) is 19.7. The van der Waals surface area contributed by atoms with E-state index in [2.05, 4.69) is 25.1 Å². The number of piperidine rings is 1. The summed E-state index contributed by atoms with van der Waals surface area (Å²) in [6.45, 7) is 5.06. The van der Waals surface area contributed by atoms with E-state index < -0.39 is 0 Å². The molecule has 0 spiro atoms. The van der Waals surface area contributed by atoms with Crippen molar-refractivity contribution >= 4 is 33.3 Å². The SMILES string of the molecule is NC(=O)[C@@H]1CCCN1CCOCC1C2CN(c3ncnc4scc(-c5ccc(F)cc5)c34)CC12. The number of ether oxygens (including phenoxy) is 1. The molecule has 2 N–H and O–H groups in total. The second-order valence-corrected chi connectivity index (χ2v) is 10.5. The molecule has 3 aromatic rings. The summed E-state index contributed by atoms with van der Waals surface area (Å²) >= 11 is 1.60. The Morgan fingerprint density at radius 3 is 2.76 bits per heavy atom. The molecule has 2 aliphatic heterocycles. The molecule has 3 aliphatic rings. The van der Waals surface area contributed by atoms with Crippen LogP contribution in [0.1, 0.15) is 12.8 Å². The Kier molecular flexibility index (Phi) is 5.71. The van der Waals surface area contributed by atoms with Crippen LogP contribution in [0.25, 0.3) is 21.3 Å². The smallest absolute Gasteiger partial charge is 0.234 e. The summed E-state index contributed by atoms with van der Waals surface area (Å²) in [5.41, 5.74) is 7.54. The van der Waals surface area contributed by atoms with Gasteiger partial charge in [0.2, 0.25) is 5.91 Å². The molecule has 34 heavy (non-hydrogen) atoms. The summed E-state index contributed by atoms with van der Waals surface area (Å²) in [6.07, 6.45) is 3.53. The van der Waals surface area contributed by atoms with Crippen molar-refractivity contribution in [1.29, 1.82) is 0 Å². The van der Waals surface area contributed by atoms with Gasteiger partial charge in [-0.25, -0.2) is 14.4 Å². The van der Waals surface area contributed by atoms with E-state index in [4.69, 9.17) is 10.5 Å². The maximum atomic E-state index is 13.4. The van der Waals surface area contributed by atoms with Crippen LogP contribution >= 0.6 is 11.3 Å². The molecule has 3 atom stereocenters. The quantitative estimate of drug-likeness (QED) is 0.498. The first kappa shape index (κ1) is 21.9. The fraction of sp³-hybridized carbons (Fsp3) is 0.480. The molecule has 2 aromatic heterocycles. The summed E-state index contributed by atoms with van der Waals surface area (Å²) in [5, 5.41) is 3.15. The topological polar surface area (TPSA) is 84.6 Å². The average molecular weight is 482 g/mol. The van der Waals surface area contributed by atoms with Crippen molar-refractivity contribution in [3.8, 4) is 11.1 Å². The van der Waals surface area contributed by atoms with Crippen molar-refractivity contribution in [2.75, 3.05) is 44.3 Å². The van der Waals surface area contributed by atoms with Gasteiger partial charge in [-0.2, -0.15) is 0 Å². The Morgan fingerprint density at radius 1 is 1.21 bits per heavy atom. The first-order valence-electron chi connectivity index (χ1n) is 11.9. The highest BCUT2D eigenvalue weighted by molar-refractivity contribution is 7.17. The monoisotopic (exact) mass is 481 g/mol. The minimum atomic E-state index is -0.235. The molecule has 0 radical (unpaired) electrons. The van der Waals surface area contributed by atoms with Gasteiger partial charge in [0, 0.05) is 30.6 Å². The molecular formula is C25H28FN5O2S. The zero-order valence-electron chi connectivity index (χ0n) is 18.9. The second kappa shape index (κ2) is 8.87. The first-order chi connectivity index (χ1) is 16.6. The van der Waals surface area contributed by atoms with Gasteiger partial charge in [0.05, 0.1) is 24.6 Å². The van der Waals surface area contributed by atoms with Crippen molar-refractivity contribution in [1.82, 2.24) is 14.9 Å². The van der Waals surface area contributed by atoms with Gasteiger partial charge in [0.15, 0.2) is 0 Å². The Bertz CT molecular complexity index is 1190. The maximum Gasteiger partial charge on any atom is 0.234 e. The molecule has 1 aromatic carbocycles. The van der Waals surface area contributed by atoms with Gasteiger partial charge in [0.1, 0.15) is 22.8 Å². The lowest BCUT2D eigenvalue weighted by Crippen LogP contribution is -2.41. The first-order valence-corrected chi connectivity index (χ1v) is 12.8. The lowest BCUT2D eigenvalue weighted by Gasteiger charge is -2.23. The van der Waals surface area contributed by atoms with Crippen LogP contribution in [0.5, 0.6) is 0 Å². The Balaban J connectivity index is 1.07. The van der Waals surface area contributed by atoms with Gasteiger partial charge in [0.25, 0.3) is 0 Å². The fourth-order valence-corrected chi connectivity index (χ4v) is 6.74. The number of hydrogen-bond acceptors (Lipinski definition) is 7. The van der Waals surface area contributed by atoms with E-state index in [1.807, 2.05) is 12.1 Å². The number of rotatable bonds is 8. The molecule has 9 heteroatoms. The normalized spacial score (nSPS) is 26.3. The number of carbonyl (C=O) groups is 1. The van der Waals surface area contributed by atoms with Gasteiger partial charge in [-0.3, -0.25) is 9.69 Å². The highest BCUT2D eigenvalue weighted by Gasteiger charge is 2.56. The summed E-state index contributed by atoms with van der Waals surface area (Å²) in [4.78, 5) is 26.1. The van der Waals surface area contributed by atoms with E-state index in [0.717, 1.165) is 72.8 Å². The molecule has 2 saturated heterocycles. The number of nitrogens with zero attached hydrogens (tertiary/aromatic N) is 4. The highest BCUT2D eigenvalue weighted by atomic mass is 32.1. The van der Waals surface area contributed by atoms with Crippen LogP contribution in [0.2, 0.25) is 0 Å². The number of carbonyl (C=O) groups excluding carboxylic acids is 1. The summed E-state index contributed by atoms with van der Waals surface area (Å²) in [6, 6.07) is 6.50. The molecule has 4 heterocycles. The predicted molar refractivity (Wildman–Crippen MR) is 130 cm³/mol. The van der Waals surface area contributed by atoms with E-state index in [9.17, 15) is 9.18 Å². The molecule has 178 valence electrons. The Morgan fingerprint density at radius 2 is 2.00 bits per heavy atom. The van der Waals surface area contributed by atoms with Gasteiger partial charge in [-0.05, 0) is 54.8 Å². The number of nitrogens with two attached hydrogens (primary N) is 1. The third-order valence-electron chi connectivity index (χ3n) is 7.70. The second-order valence-electron chi connectivity index (χ2n) is 9.60. The Labute approximate surface area is 201 Å². The number of benzene rings is 1. The van der Waals surface area contributed by atoms with Crippen LogP contribution in [0.3, 0.4) is 0 Å². The van der Waals surface area contributed by atoms with Crippen molar-refractivity contribution in [2.24, 2.45) is 23.5 Å². The minimum absolute atomic E-state index is 0.126. The van der Waals surface area contributed by atoms with Gasteiger partial charge in [-0.15, -0.1) is 11.3 Å². The highest BCUT2D eigenvalue weighted by Crippen LogP contribution is 2.53. The molecule has 7 nitrogen and oxygen atoms in total. The molecule has 1 aliphatic carbocycles. The number of hydrogen-bond donors (Lipinski definition) is 1. The maximum absolute atomic E-state index is 13.4. The average Bonchev–Trinajstić information content (AvgIpc) is 3.31. The molecular weight excluding hydrogens is 453 g/mol. The number of thiophene rings is 1. The third kappa shape index (κ3) is 3.95. The van der Waals surface area contributed by atoms with Gasteiger partial charge < -0.3 is 15.4 Å². The van der Waals surface area contributed by atoms with E-state index in [-0.39, 0.29) is 17.8 Å². The van der Waals surface area contributed by atoms with Crippen molar-refractivity contribution in [2.45, 2.75) is 18.9 Å². The third-order valence-corrected chi connectivity index (χ3v) is 8.59. The molecule has 6 rings (SSSR count). The van der Waals surface area contributed by atoms with Crippen LogP contribution in [-0.2, 0) is 9.53 Å². The standard InChI is InChI=1S/C25H28FN5O2S/c26-16-5-3-15(4-6-16)20-13-34-25-22(20)24(28-14-29-25)31-10-17-18(11-31)19(17)12-33-9-8-30-7-1-2-21(30)23(27)32/h3-6,13-14,17-19,21H,1-2,7-12H2,(H2,27,32)/t17?,18?,19?,21-/m0/s1. The van der Waals surface area contributed by atoms with Crippen molar-refractivity contribution in [3.05, 3.63) is 41.8 Å². The molecule has 1 amide bonds. The van der Waals surface area contributed by atoms with E-state index in [1.54, 1.807) is 17.7 Å². The molecule has 0 bridgehead atoms. The molecule has 1 saturated carbocycles. The number of likely N-dealkylation sites (tertiary alicyclic amines) is 1. The number of halogens is 1. The number of aromatic nitrogens is 2. The number of anilines is 1. The predicted octanol–water partition coefficient (Wildman–Crippen LogP) is 3.15. The van der Waals surface area contributed by atoms with Crippen LogP contribution in [0.15, 0.2) is 36.0 Å². The van der Waals surface area contributed by atoms with Crippen LogP contribution in [0, 0.1) is 23.6 Å². The number of amides is 1. The van der Waals surface area contributed by atoms with E-state index in [0.29, 0.717) is 24.4 Å². The summed E-state index contributed by atoms with van der Waals surface area (Å²) < 4.78 is 19.4. The van der Waals surface area contributed by atoms with Gasteiger partial charge in [-0.1, -0.05) is 12.1 Å². The van der Waals surface area contributed by atoms with Crippen molar-refractivity contribution in [3.63, 3.8) is 0 Å². The van der Waals surface area contributed by atoms with Crippen LogP contribution in [-0.4, -0.2) is 66.2 Å². The lowest BCUT2D eigenvalue weighted by molar-refractivity contribution is -0.122. The minimum Gasteiger partial charge on any atom is -0.380 e. The summed E-state index contributed by atoms with van der Waals surface area (Å²) in [7, 11) is 0. The number of fused-ring (bicyclic) bond motifs is 2. The summed E-state index contributed by atoms with van der Waals surface area (Å²) in [5.74, 6) is 2.37. The van der Waals surface area contributed by atoms with Crippen LogP contribution in [0.4, 0.5) is 10.2 Å².